The second kappa shape index (κ2) is 5.35. The Morgan fingerprint density at radius 1 is 1.33 bits per heavy atom. The number of nitrogens with two attached hydrogens (primary N) is 1. The summed E-state index contributed by atoms with van der Waals surface area (Å²) in [5, 5.41) is 0. The van der Waals surface area contributed by atoms with Crippen molar-refractivity contribution in [1.29, 1.82) is 0 Å². The number of amidine groups is 1. The Bertz CT molecular complexity index is 239. The summed E-state index contributed by atoms with van der Waals surface area (Å²) in [6.45, 7) is 1.99. The van der Waals surface area contributed by atoms with Crippen molar-refractivity contribution in [2.45, 2.75) is 20.8 Å². The zero-order valence-corrected chi connectivity index (χ0v) is 6.62. The lowest BCUT2D eigenvalue weighted by Gasteiger charge is -1.94. The van der Waals surface area contributed by atoms with Crippen LogP contribution in [0.4, 0.5) is 5.69 Å². The molecule has 2 heteroatoms. The first-order chi connectivity index (χ1) is 5.33. The number of aliphatic imine (C=N–C) groups is 1. The van der Waals surface area contributed by atoms with Crippen LogP contribution in [-0.4, -0.2) is 5.84 Å². The van der Waals surface area contributed by atoms with Crippen LogP contribution in [0.2, 0.25) is 0 Å². The molecule has 1 aromatic rings. The van der Waals surface area contributed by atoms with Crippen molar-refractivity contribution < 1.29 is 0 Å². The first-order valence-corrected chi connectivity index (χ1v) is 3.71. The van der Waals surface area contributed by atoms with Crippen LogP contribution >= 0.6 is 0 Å². The number of hydrogen-bond acceptors (Lipinski definition) is 1. The lowest BCUT2D eigenvalue weighted by molar-refractivity contribution is 1.24. The highest BCUT2D eigenvalue weighted by atomic mass is 14.8. The molecular formula is C10H16N2. The Labute approximate surface area is 74.1 Å². The van der Waals surface area contributed by atoms with E-state index >= 15 is 0 Å². The van der Waals surface area contributed by atoms with E-state index in [0.29, 0.717) is 5.84 Å². The number of nitrogens with zero attached hydrogens (tertiary/aromatic N) is 1. The van der Waals surface area contributed by atoms with Gasteiger partial charge in [0.2, 0.25) is 0 Å². The first kappa shape index (κ1) is 10.7. The Balaban J connectivity index is 0.00000121. The summed E-state index contributed by atoms with van der Waals surface area (Å²) in [5.74, 6) is 0.677. The molecule has 0 aromatic heterocycles. The number of benzene rings is 1. The third-order valence-corrected chi connectivity index (χ3v) is 1.39. The quantitative estimate of drug-likeness (QED) is 0.529. The van der Waals surface area contributed by atoms with Gasteiger partial charge in [-0.15, -0.1) is 0 Å². The van der Waals surface area contributed by atoms with Crippen LogP contribution in [0.1, 0.15) is 20.8 Å². The van der Waals surface area contributed by atoms with Crippen molar-refractivity contribution in [3.8, 4) is 0 Å². The number of rotatable bonds is 2. The minimum atomic E-state index is 0. The summed E-state index contributed by atoms with van der Waals surface area (Å²) < 4.78 is 0. The molecule has 1 rings (SSSR count). The van der Waals surface area contributed by atoms with Crippen molar-refractivity contribution in [3.63, 3.8) is 0 Å². The van der Waals surface area contributed by atoms with E-state index in [4.69, 9.17) is 5.73 Å². The predicted octanol–water partition coefficient (Wildman–Crippen LogP) is 2.72. The molecule has 12 heavy (non-hydrogen) atoms. The second-order valence-corrected chi connectivity index (χ2v) is 2.29. The zero-order chi connectivity index (χ0) is 8.10. The van der Waals surface area contributed by atoms with Gasteiger partial charge in [-0.05, 0) is 12.1 Å². The molecule has 2 N–H and O–H groups in total. The third kappa shape index (κ3) is 3.19. The van der Waals surface area contributed by atoms with E-state index in [1.165, 1.54) is 0 Å². The molecule has 1 aromatic carbocycles. The van der Waals surface area contributed by atoms with Gasteiger partial charge in [-0.25, -0.2) is 4.99 Å². The SMILES string of the molecule is C.CCC(N)=Nc1ccccc1. The minimum Gasteiger partial charge on any atom is -0.387 e. The van der Waals surface area contributed by atoms with Crippen LogP contribution in [0.5, 0.6) is 0 Å². The van der Waals surface area contributed by atoms with Gasteiger partial charge in [0.1, 0.15) is 0 Å². The van der Waals surface area contributed by atoms with E-state index < -0.39 is 0 Å². The molecule has 0 atom stereocenters. The molecule has 0 bridgehead atoms. The highest BCUT2D eigenvalue weighted by Gasteiger charge is 1.87. The largest absolute Gasteiger partial charge is 0.387 e. The highest BCUT2D eigenvalue weighted by molar-refractivity contribution is 5.82. The van der Waals surface area contributed by atoms with E-state index in [1.54, 1.807) is 0 Å². The molecule has 0 saturated heterocycles. The van der Waals surface area contributed by atoms with Crippen LogP contribution in [-0.2, 0) is 0 Å². The van der Waals surface area contributed by atoms with Gasteiger partial charge < -0.3 is 5.73 Å². The van der Waals surface area contributed by atoms with E-state index in [2.05, 4.69) is 4.99 Å². The van der Waals surface area contributed by atoms with E-state index in [-0.39, 0.29) is 7.43 Å². The van der Waals surface area contributed by atoms with Gasteiger partial charge in [0.15, 0.2) is 0 Å². The zero-order valence-electron chi connectivity index (χ0n) is 6.62. The van der Waals surface area contributed by atoms with Crippen molar-refractivity contribution >= 4 is 11.5 Å². The Kier molecular flexibility index (Phi) is 4.77. The fourth-order valence-electron chi connectivity index (χ4n) is 0.747. The molecule has 0 heterocycles. The average Bonchev–Trinajstić information content (AvgIpc) is 2.06. The summed E-state index contributed by atoms with van der Waals surface area (Å²) in [6.07, 6.45) is 0.800. The molecule has 0 unspecified atom stereocenters. The Morgan fingerprint density at radius 3 is 2.42 bits per heavy atom. The molecular weight excluding hydrogens is 148 g/mol. The Hall–Kier alpha value is -1.31. The van der Waals surface area contributed by atoms with Gasteiger partial charge in [0.05, 0.1) is 11.5 Å². The van der Waals surface area contributed by atoms with E-state index in [9.17, 15) is 0 Å². The van der Waals surface area contributed by atoms with Crippen LogP contribution in [0.3, 0.4) is 0 Å². The van der Waals surface area contributed by atoms with Gasteiger partial charge >= 0.3 is 0 Å². The van der Waals surface area contributed by atoms with Crippen molar-refractivity contribution in [3.05, 3.63) is 30.3 Å². The maximum absolute atomic E-state index is 5.55. The van der Waals surface area contributed by atoms with Crippen LogP contribution in [0.15, 0.2) is 35.3 Å². The summed E-state index contributed by atoms with van der Waals surface area (Å²) in [6, 6.07) is 9.72. The number of hydrogen-bond donors (Lipinski definition) is 1. The van der Waals surface area contributed by atoms with Crippen molar-refractivity contribution in [2.24, 2.45) is 10.7 Å². The van der Waals surface area contributed by atoms with Crippen molar-refractivity contribution in [1.82, 2.24) is 0 Å². The summed E-state index contributed by atoms with van der Waals surface area (Å²) in [5.41, 5.74) is 6.48. The molecule has 0 aliphatic heterocycles. The molecule has 0 fully saturated rings. The van der Waals surface area contributed by atoms with Gasteiger partial charge in [0, 0.05) is 6.42 Å². The van der Waals surface area contributed by atoms with E-state index in [1.807, 2.05) is 37.3 Å². The molecule has 66 valence electrons. The van der Waals surface area contributed by atoms with Gasteiger partial charge in [-0.3, -0.25) is 0 Å². The van der Waals surface area contributed by atoms with Crippen LogP contribution in [0, 0.1) is 0 Å². The van der Waals surface area contributed by atoms with Gasteiger partial charge in [0.25, 0.3) is 0 Å². The third-order valence-electron chi connectivity index (χ3n) is 1.39. The maximum Gasteiger partial charge on any atom is 0.0993 e. The first-order valence-electron chi connectivity index (χ1n) is 3.71. The second-order valence-electron chi connectivity index (χ2n) is 2.29. The summed E-state index contributed by atoms with van der Waals surface area (Å²) >= 11 is 0. The summed E-state index contributed by atoms with van der Waals surface area (Å²) in [4.78, 5) is 4.17. The molecule has 0 aliphatic rings. The monoisotopic (exact) mass is 164 g/mol. The fraction of sp³-hybridized carbons (Fsp3) is 0.300. The normalized spacial score (nSPS) is 10.6. The lowest BCUT2D eigenvalue weighted by Crippen LogP contribution is -2.08. The average molecular weight is 164 g/mol. The van der Waals surface area contributed by atoms with Crippen LogP contribution < -0.4 is 5.73 Å². The van der Waals surface area contributed by atoms with Gasteiger partial charge in [-0.2, -0.15) is 0 Å². The molecule has 0 amide bonds. The molecule has 2 nitrogen and oxygen atoms in total. The highest BCUT2D eigenvalue weighted by Crippen LogP contribution is 2.09. The molecule has 0 spiro atoms. The molecule has 0 aliphatic carbocycles. The predicted molar refractivity (Wildman–Crippen MR) is 54.7 cm³/mol. The van der Waals surface area contributed by atoms with E-state index in [0.717, 1.165) is 12.1 Å². The molecule has 0 saturated carbocycles. The standard InChI is InChI=1S/C9H12N2.CH4/c1-2-9(10)11-8-6-4-3-5-7-8;/h3-7H,2H2,1H3,(H2,10,11);1H4. The van der Waals surface area contributed by atoms with Crippen LogP contribution in [0.25, 0.3) is 0 Å². The summed E-state index contributed by atoms with van der Waals surface area (Å²) in [7, 11) is 0. The minimum absolute atomic E-state index is 0. The maximum atomic E-state index is 5.55. The number of para-hydroxylation sites is 1. The topological polar surface area (TPSA) is 38.4 Å². The van der Waals surface area contributed by atoms with Gasteiger partial charge in [-0.1, -0.05) is 32.5 Å². The van der Waals surface area contributed by atoms with Crippen molar-refractivity contribution in [2.75, 3.05) is 0 Å². The smallest absolute Gasteiger partial charge is 0.0993 e. The molecule has 0 radical (unpaired) electrons. The lowest BCUT2D eigenvalue weighted by atomic mass is 10.3. The fourth-order valence-corrected chi connectivity index (χ4v) is 0.747. The Morgan fingerprint density at radius 2 is 1.92 bits per heavy atom.